The third kappa shape index (κ3) is 4.04. The monoisotopic (exact) mass is 307 g/mol. The van der Waals surface area contributed by atoms with Crippen molar-refractivity contribution in [3.05, 3.63) is 41.0 Å². The molecule has 2 aromatic rings. The minimum absolute atomic E-state index is 0.276. The normalized spacial score (nSPS) is 11.3. The molecule has 1 amide bonds. The van der Waals surface area contributed by atoms with Gasteiger partial charge < -0.3 is 4.74 Å². The van der Waals surface area contributed by atoms with Crippen LogP contribution in [0.1, 0.15) is 26.3 Å². The van der Waals surface area contributed by atoms with Crippen molar-refractivity contribution in [3.8, 4) is 10.4 Å². The van der Waals surface area contributed by atoms with Gasteiger partial charge in [-0.2, -0.15) is 0 Å². The zero-order valence-electron chi connectivity index (χ0n) is 12.5. The van der Waals surface area contributed by atoms with Gasteiger partial charge in [-0.05, 0) is 51.0 Å². The highest BCUT2D eigenvalue weighted by Gasteiger charge is 2.18. The Hall–Kier alpha value is -1.88. The molecule has 3 nitrogen and oxygen atoms in total. The van der Waals surface area contributed by atoms with E-state index in [1.165, 1.54) is 23.5 Å². The van der Waals surface area contributed by atoms with Crippen LogP contribution in [-0.2, 0) is 4.74 Å². The number of benzene rings is 1. The molecule has 112 valence electrons. The van der Waals surface area contributed by atoms with Gasteiger partial charge in [-0.3, -0.25) is 5.32 Å². The highest BCUT2D eigenvalue weighted by atomic mass is 32.1. The number of halogens is 1. The second-order valence-corrected chi connectivity index (χ2v) is 6.62. The van der Waals surface area contributed by atoms with Crippen molar-refractivity contribution in [1.82, 2.24) is 0 Å². The quantitative estimate of drug-likeness (QED) is 0.827. The Bertz CT molecular complexity index is 659. The van der Waals surface area contributed by atoms with Gasteiger partial charge in [-0.15, -0.1) is 11.3 Å². The van der Waals surface area contributed by atoms with E-state index in [1.54, 1.807) is 6.07 Å². The Morgan fingerprint density at radius 1 is 1.33 bits per heavy atom. The second kappa shape index (κ2) is 5.85. The third-order valence-corrected chi connectivity index (χ3v) is 3.89. The van der Waals surface area contributed by atoms with E-state index in [0.29, 0.717) is 5.69 Å². The third-order valence-electron chi connectivity index (χ3n) is 2.76. The smallest absolute Gasteiger partial charge is 0.412 e. The Labute approximate surface area is 127 Å². The van der Waals surface area contributed by atoms with Crippen LogP contribution in [0.25, 0.3) is 10.4 Å². The minimum Gasteiger partial charge on any atom is -0.444 e. The molecule has 0 aliphatic heterocycles. The van der Waals surface area contributed by atoms with Crippen molar-refractivity contribution >= 4 is 23.1 Å². The van der Waals surface area contributed by atoms with Crippen LogP contribution in [0.15, 0.2) is 29.6 Å². The van der Waals surface area contributed by atoms with E-state index >= 15 is 0 Å². The fraction of sp³-hybridized carbons (Fsp3) is 0.312. The van der Waals surface area contributed by atoms with Crippen LogP contribution in [0.2, 0.25) is 0 Å². The van der Waals surface area contributed by atoms with Crippen LogP contribution >= 0.6 is 11.3 Å². The minimum atomic E-state index is -0.542. The molecule has 0 saturated carbocycles. The molecule has 0 atom stereocenters. The summed E-state index contributed by atoms with van der Waals surface area (Å²) in [7, 11) is 0. The second-order valence-electron chi connectivity index (χ2n) is 5.74. The largest absolute Gasteiger partial charge is 0.444 e. The zero-order valence-corrected chi connectivity index (χ0v) is 13.3. The predicted octanol–water partition coefficient (Wildman–Crippen LogP) is 5.21. The Morgan fingerprint density at radius 3 is 2.67 bits per heavy atom. The van der Waals surface area contributed by atoms with Crippen LogP contribution < -0.4 is 5.32 Å². The molecular weight excluding hydrogens is 289 g/mol. The van der Waals surface area contributed by atoms with Gasteiger partial charge in [0.25, 0.3) is 0 Å². The van der Waals surface area contributed by atoms with E-state index in [2.05, 4.69) is 5.32 Å². The molecule has 5 heteroatoms. The highest BCUT2D eigenvalue weighted by molar-refractivity contribution is 7.14. The van der Waals surface area contributed by atoms with Gasteiger partial charge in [-0.1, -0.05) is 12.1 Å². The lowest BCUT2D eigenvalue weighted by molar-refractivity contribution is 0.0636. The first-order valence-electron chi connectivity index (χ1n) is 6.60. The van der Waals surface area contributed by atoms with Gasteiger partial charge >= 0.3 is 6.09 Å². The topological polar surface area (TPSA) is 38.3 Å². The van der Waals surface area contributed by atoms with E-state index in [0.717, 1.165) is 16.0 Å². The zero-order chi connectivity index (χ0) is 15.6. The van der Waals surface area contributed by atoms with E-state index in [9.17, 15) is 9.18 Å². The molecule has 1 aromatic carbocycles. The number of carbonyl (C=O) groups excluding carboxylic acids is 1. The van der Waals surface area contributed by atoms with Crippen molar-refractivity contribution in [2.45, 2.75) is 33.3 Å². The lowest BCUT2D eigenvalue weighted by atomic mass is 10.1. The van der Waals surface area contributed by atoms with Crippen molar-refractivity contribution in [1.29, 1.82) is 0 Å². The van der Waals surface area contributed by atoms with Gasteiger partial charge in [0.1, 0.15) is 11.4 Å². The summed E-state index contributed by atoms with van der Waals surface area (Å²) in [4.78, 5) is 12.7. The van der Waals surface area contributed by atoms with Gasteiger partial charge in [-0.25, -0.2) is 9.18 Å². The number of thiophene rings is 1. The van der Waals surface area contributed by atoms with E-state index in [-0.39, 0.29) is 5.82 Å². The standard InChI is InChI=1S/C16H18FNO2S/c1-10-13(18-15(19)20-16(2,3)4)9-21-14(10)11-6-5-7-12(17)8-11/h5-9H,1-4H3,(H,18,19). The van der Waals surface area contributed by atoms with Gasteiger partial charge in [0.05, 0.1) is 5.69 Å². The van der Waals surface area contributed by atoms with Crippen molar-refractivity contribution < 1.29 is 13.9 Å². The summed E-state index contributed by atoms with van der Waals surface area (Å²) in [5.41, 5.74) is 1.85. The van der Waals surface area contributed by atoms with E-state index in [4.69, 9.17) is 4.74 Å². The number of hydrogen-bond acceptors (Lipinski definition) is 3. The fourth-order valence-corrected chi connectivity index (χ4v) is 2.89. The lowest BCUT2D eigenvalue weighted by Gasteiger charge is -2.19. The molecular formula is C16H18FNO2S. The summed E-state index contributed by atoms with van der Waals surface area (Å²) in [6, 6.07) is 6.41. The number of rotatable bonds is 2. The average Bonchev–Trinajstić information content (AvgIpc) is 2.68. The summed E-state index contributed by atoms with van der Waals surface area (Å²) in [6.45, 7) is 7.32. The fourth-order valence-electron chi connectivity index (χ4n) is 1.87. The summed E-state index contributed by atoms with van der Waals surface area (Å²) in [5.74, 6) is -0.276. The maximum Gasteiger partial charge on any atom is 0.412 e. The molecule has 1 N–H and O–H groups in total. The number of amides is 1. The van der Waals surface area contributed by atoms with Crippen LogP contribution in [0.3, 0.4) is 0 Å². The van der Waals surface area contributed by atoms with Crippen molar-refractivity contribution in [2.24, 2.45) is 0 Å². The summed E-state index contributed by atoms with van der Waals surface area (Å²) in [6.07, 6.45) is -0.491. The molecule has 1 heterocycles. The number of carbonyl (C=O) groups is 1. The Kier molecular flexibility index (Phi) is 4.32. The van der Waals surface area contributed by atoms with Gasteiger partial charge in [0.2, 0.25) is 0 Å². The molecule has 0 unspecified atom stereocenters. The van der Waals surface area contributed by atoms with E-state index < -0.39 is 11.7 Å². The molecule has 2 rings (SSSR count). The number of anilines is 1. The molecule has 0 radical (unpaired) electrons. The molecule has 0 aliphatic rings. The first-order chi connectivity index (χ1) is 9.76. The summed E-state index contributed by atoms with van der Waals surface area (Å²) in [5, 5.41) is 4.56. The maximum absolute atomic E-state index is 13.3. The molecule has 0 spiro atoms. The molecule has 1 aromatic heterocycles. The highest BCUT2D eigenvalue weighted by Crippen LogP contribution is 2.35. The van der Waals surface area contributed by atoms with Crippen LogP contribution in [-0.4, -0.2) is 11.7 Å². The number of hydrogen-bond donors (Lipinski definition) is 1. The van der Waals surface area contributed by atoms with Gasteiger partial charge in [0, 0.05) is 10.3 Å². The molecule has 0 saturated heterocycles. The van der Waals surface area contributed by atoms with Crippen LogP contribution in [0, 0.1) is 12.7 Å². The predicted molar refractivity (Wildman–Crippen MR) is 84.3 cm³/mol. The maximum atomic E-state index is 13.3. The lowest BCUT2D eigenvalue weighted by Crippen LogP contribution is -2.27. The summed E-state index contributed by atoms with van der Waals surface area (Å²) >= 11 is 1.46. The first kappa shape index (κ1) is 15.5. The van der Waals surface area contributed by atoms with Crippen LogP contribution in [0.4, 0.5) is 14.9 Å². The van der Waals surface area contributed by atoms with Crippen molar-refractivity contribution in [2.75, 3.05) is 5.32 Å². The molecule has 21 heavy (non-hydrogen) atoms. The SMILES string of the molecule is Cc1c(NC(=O)OC(C)(C)C)csc1-c1cccc(F)c1. The Balaban J connectivity index is 2.20. The van der Waals surface area contributed by atoms with E-state index in [1.807, 2.05) is 39.1 Å². The van der Waals surface area contributed by atoms with Crippen LogP contribution in [0.5, 0.6) is 0 Å². The van der Waals surface area contributed by atoms with Crippen molar-refractivity contribution in [3.63, 3.8) is 0 Å². The number of ether oxygens (including phenoxy) is 1. The van der Waals surface area contributed by atoms with Gasteiger partial charge in [0.15, 0.2) is 0 Å². The molecule has 0 bridgehead atoms. The first-order valence-corrected chi connectivity index (χ1v) is 7.48. The summed E-state index contributed by atoms with van der Waals surface area (Å²) < 4.78 is 18.5. The average molecular weight is 307 g/mol. The Morgan fingerprint density at radius 2 is 2.05 bits per heavy atom. The molecule has 0 aliphatic carbocycles. The molecule has 0 fully saturated rings. The number of nitrogens with one attached hydrogen (secondary N) is 1.